The van der Waals surface area contributed by atoms with Crippen molar-refractivity contribution in [3.63, 3.8) is 0 Å². The minimum Gasteiger partial charge on any atom is -0.302 e. The molecule has 7 nitrogen and oxygen atoms in total. The Morgan fingerprint density at radius 1 is 1.31 bits per heavy atom. The van der Waals surface area contributed by atoms with Crippen molar-refractivity contribution in [3.8, 4) is 11.4 Å². The molecule has 3 aromatic rings. The van der Waals surface area contributed by atoms with Gasteiger partial charge in [-0.05, 0) is 38.2 Å². The normalized spacial score (nSPS) is 14.0. The van der Waals surface area contributed by atoms with Crippen LogP contribution in [0.3, 0.4) is 0 Å². The number of likely N-dealkylation sites (N-methyl/N-ethyl adjacent to an activating group) is 1. The third-order valence-corrected chi connectivity index (χ3v) is 6.85. The lowest BCUT2D eigenvalue weighted by molar-refractivity contribution is -0.113. The quantitative estimate of drug-likeness (QED) is 0.578. The van der Waals surface area contributed by atoms with Crippen LogP contribution in [0.4, 0.5) is 5.13 Å². The molecule has 0 spiro atoms. The smallest absolute Gasteiger partial charge is 0.236 e. The predicted molar refractivity (Wildman–Crippen MR) is 118 cm³/mol. The average Bonchev–Trinajstić information content (AvgIpc) is 3.29. The first-order valence-electron chi connectivity index (χ1n) is 9.32. The van der Waals surface area contributed by atoms with Gasteiger partial charge in [0, 0.05) is 41.5 Å². The molecule has 0 saturated carbocycles. The minimum atomic E-state index is -0.0897. The number of hydrogen-bond donors (Lipinski definition) is 1. The van der Waals surface area contributed by atoms with Gasteiger partial charge in [0.05, 0.1) is 11.4 Å². The molecule has 1 aliphatic heterocycles. The highest BCUT2D eigenvalue weighted by Gasteiger charge is 2.20. The first-order chi connectivity index (χ1) is 14.0. The molecule has 0 saturated heterocycles. The summed E-state index contributed by atoms with van der Waals surface area (Å²) in [4.78, 5) is 20.5. The molecule has 1 amide bonds. The summed E-state index contributed by atoms with van der Waals surface area (Å²) in [5, 5.41) is 13.6. The van der Waals surface area contributed by atoms with Crippen molar-refractivity contribution >= 4 is 45.7 Å². The molecule has 10 heteroatoms. The van der Waals surface area contributed by atoms with Crippen molar-refractivity contribution in [1.29, 1.82) is 0 Å². The van der Waals surface area contributed by atoms with Crippen LogP contribution in [0.5, 0.6) is 0 Å². The summed E-state index contributed by atoms with van der Waals surface area (Å²) in [7, 11) is 2.10. The van der Waals surface area contributed by atoms with Crippen molar-refractivity contribution in [1.82, 2.24) is 24.6 Å². The Labute approximate surface area is 182 Å². The van der Waals surface area contributed by atoms with Gasteiger partial charge in [-0.15, -0.1) is 21.5 Å². The van der Waals surface area contributed by atoms with Crippen LogP contribution in [0.2, 0.25) is 5.02 Å². The number of amides is 1. The Bertz CT molecular complexity index is 1020. The lowest BCUT2D eigenvalue weighted by Crippen LogP contribution is -2.25. The summed E-state index contributed by atoms with van der Waals surface area (Å²) < 4.78 is 2.00. The van der Waals surface area contributed by atoms with E-state index in [1.165, 1.54) is 16.6 Å². The lowest BCUT2D eigenvalue weighted by Gasteiger charge is -2.20. The van der Waals surface area contributed by atoms with Crippen molar-refractivity contribution < 1.29 is 4.79 Å². The molecular weight excluding hydrogens is 428 g/mol. The van der Waals surface area contributed by atoms with Crippen LogP contribution in [-0.2, 0) is 24.3 Å². The molecule has 0 fully saturated rings. The number of thioether (sulfide) groups is 1. The molecule has 0 radical (unpaired) electrons. The van der Waals surface area contributed by atoms with Gasteiger partial charge in [0.1, 0.15) is 0 Å². The Kier molecular flexibility index (Phi) is 6.19. The number of carbonyl (C=O) groups excluding carboxylic acids is 1. The van der Waals surface area contributed by atoms with E-state index in [2.05, 4.69) is 32.4 Å². The number of hydrogen-bond acceptors (Lipinski definition) is 7. The number of nitrogens with zero attached hydrogens (tertiary/aromatic N) is 5. The zero-order valence-electron chi connectivity index (χ0n) is 16.2. The summed E-state index contributed by atoms with van der Waals surface area (Å²) >= 11 is 8.91. The third kappa shape index (κ3) is 4.63. The number of fused-ring (bicyclic) bond motifs is 1. The molecule has 0 atom stereocenters. The van der Waals surface area contributed by atoms with Crippen LogP contribution in [0.25, 0.3) is 11.4 Å². The maximum Gasteiger partial charge on any atom is 0.236 e. The van der Waals surface area contributed by atoms with Gasteiger partial charge in [-0.2, -0.15) is 0 Å². The van der Waals surface area contributed by atoms with E-state index in [1.807, 2.05) is 35.8 Å². The second kappa shape index (κ2) is 8.83. The standard InChI is InChI=1S/C19H21ClN6OS2/c1-3-26-17(12-4-6-13(20)7-5-12)23-24-19(26)28-11-16(27)22-18-21-14-8-9-25(2)10-15(14)29-18/h4-7H,3,8-11H2,1-2H3,(H,21,22,27). The highest BCUT2D eigenvalue weighted by Crippen LogP contribution is 2.28. The van der Waals surface area contributed by atoms with Gasteiger partial charge < -0.3 is 14.8 Å². The van der Waals surface area contributed by atoms with E-state index in [0.29, 0.717) is 21.9 Å². The van der Waals surface area contributed by atoms with E-state index in [9.17, 15) is 4.79 Å². The van der Waals surface area contributed by atoms with Gasteiger partial charge in [0.2, 0.25) is 5.91 Å². The molecule has 4 rings (SSSR count). The first kappa shape index (κ1) is 20.3. The molecule has 152 valence electrons. The van der Waals surface area contributed by atoms with Crippen LogP contribution in [0, 0.1) is 0 Å². The highest BCUT2D eigenvalue weighted by atomic mass is 35.5. The van der Waals surface area contributed by atoms with E-state index in [4.69, 9.17) is 11.6 Å². The molecule has 1 N–H and O–H groups in total. The van der Waals surface area contributed by atoms with Crippen LogP contribution >= 0.6 is 34.7 Å². The Balaban J connectivity index is 1.40. The molecule has 2 aromatic heterocycles. The molecule has 1 aliphatic rings. The summed E-state index contributed by atoms with van der Waals surface area (Å²) in [6.07, 6.45) is 0.931. The SMILES string of the molecule is CCn1c(SCC(=O)Nc2nc3c(s2)CN(C)CC3)nnc1-c1ccc(Cl)cc1. The first-order valence-corrected chi connectivity index (χ1v) is 11.5. The van der Waals surface area contributed by atoms with E-state index >= 15 is 0 Å². The fourth-order valence-corrected chi connectivity index (χ4v) is 5.19. The van der Waals surface area contributed by atoms with Gasteiger partial charge in [-0.25, -0.2) is 4.98 Å². The van der Waals surface area contributed by atoms with Gasteiger partial charge >= 0.3 is 0 Å². The van der Waals surface area contributed by atoms with Crippen molar-refractivity contribution in [2.75, 3.05) is 24.7 Å². The molecule has 3 heterocycles. The van der Waals surface area contributed by atoms with Gasteiger partial charge in [0.25, 0.3) is 0 Å². The van der Waals surface area contributed by atoms with Crippen molar-refractivity contribution in [2.24, 2.45) is 0 Å². The maximum absolute atomic E-state index is 12.4. The van der Waals surface area contributed by atoms with Crippen LogP contribution in [0.15, 0.2) is 29.4 Å². The zero-order valence-corrected chi connectivity index (χ0v) is 18.6. The van der Waals surface area contributed by atoms with E-state index < -0.39 is 0 Å². The number of thiazole rings is 1. The molecule has 0 aliphatic carbocycles. The van der Waals surface area contributed by atoms with Gasteiger partial charge in [-0.1, -0.05) is 23.4 Å². The predicted octanol–water partition coefficient (Wildman–Crippen LogP) is 3.79. The van der Waals surface area contributed by atoms with Crippen LogP contribution in [0.1, 0.15) is 17.5 Å². The average molecular weight is 449 g/mol. The van der Waals surface area contributed by atoms with Gasteiger partial charge in [0.15, 0.2) is 16.1 Å². The molecule has 0 bridgehead atoms. The van der Waals surface area contributed by atoms with Gasteiger partial charge in [-0.3, -0.25) is 4.79 Å². The Hall–Kier alpha value is -1.94. The summed E-state index contributed by atoms with van der Waals surface area (Å²) in [5.41, 5.74) is 2.05. The number of benzene rings is 1. The number of halogens is 1. The molecule has 0 unspecified atom stereocenters. The summed E-state index contributed by atoms with van der Waals surface area (Å²) in [6, 6.07) is 7.50. The van der Waals surface area contributed by atoms with Crippen LogP contribution < -0.4 is 5.32 Å². The molecule has 29 heavy (non-hydrogen) atoms. The second-order valence-electron chi connectivity index (χ2n) is 6.77. The van der Waals surface area contributed by atoms with E-state index in [-0.39, 0.29) is 11.7 Å². The minimum absolute atomic E-state index is 0.0897. The number of nitrogens with one attached hydrogen (secondary N) is 1. The van der Waals surface area contributed by atoms with Crippen LogP contribution in [-0.4, -0.2) is 49.9 Å². The molecule has 1 aromatic carbocycles. The fourth-order valence-electron chi connectivity index (χ4n) is 3.16. The lowest BCUT2D eigenvalue weighted by atomic mass is 10.2. The van der Waals surface area contributed by atoms with E-state index in [0.717, 1.165) is 36.6 Å². The Morgan fingerprint density at radius 2 is 2.10 bits per heavy atom. The van der Waals surface area contributed by atoms with E-state index in [1.54, 1.807) is 11.3 Å². The number of aromatic nitrogens is 4. The highest BCUT2D eigenvalue weighted by molar-refractivity contribution is 7.99. The zero-order chi connectivity index (χ0) is 20.4. The number of anilines is 1. The summed E-state index contributed by atoms with van der Waals surface area (Å²) in [6.45, 7) is 4.64. The van der Waals surface area contributed by atoms with Crippen molar-refractivity contribution in [3.05, 3.63) is 39.9 Å². The fraction of sp³-hybridized carbons (Fsp3) is 0.368. The second-order valence-corrected chi connectivity index (χ2v) is 9.23. The Morgan fingerprint density at radius 3 is 2.86 bits per heavy atom. The van der Waals surface area contributed by atoms with Crippen molar-refractivity contribution in [2.45, 2.75) is 31.6 Å². The monoisotopic (exact) mass is 448 g/mol. The number of carbonyl (C=O) groups is 1. The largest absolute Gasteiger partial charge is 0.302 e. The molecular formula is C19H21ClN6OS2. The summed E-state index contributed by atoms with van der Waals surface area (Å²) in [5.74, 6) is 0.931. The topological polar surface area (TPSA) is 75.9 Å². The maximum atomic E-state index is 12.4. The number of rotatable bonds is 6. The third-order valence-electron chi connectivity index (χ3n) is 4.64.